The van der Waals surface area contributed by atoms with Crippen LogP contribution in [0.3, 0.4) is 0 Å². The zero-order valence-electron chi connectivity index (χ0n) is 11.9. The zero-order chi connectivity index (χ0) is 14.7. The van der Waals surface area contributed by atoms with Gasteiger partial charge in [0.15, 0.2) is 5.82 Å². The summed E-state index contributed by atoms with van der Waals surface area (Å²) in [6.45, 7) is 0. The highest BCUT2D eigenvalue weighted by Gasteiger charge is 2.25. The van der Waals surface area contributed by atoms with E-state index < -0.39 is 0 Å². The van der Waals surface area contributed by atoms with Crippen LogP contribution >= 0.6 is 0 Å². The SMILES string of the molecule is NC1CCCC(C(=O)Nc2ccn(-c3ccccc3)n2)C1. The molecular weight excluding hydrogens is 264 g/mol. The van der Waals surface area contributed by atoms with Gasteiger partial charge in [0.1, 0.15) is 0 Å². The second-order valence-electron chi connectivity index (χ2n) is 5.59. The Balaban J connectivity index is 1.66. The molecule has 1 saturated carbocycles. The molecule has 3 rings (SSSR count). The van der Waals surface area contributed by atoms with Gasteiger partial charge >= 0.3 is 0 Å². The van der Waals surface area contributed by atoms with E-state index in [-0.39, 0.29) is 17.9 Å². The first-order valence-electron chi connectivity index (χ1n) is 7.40. The van der Waals surface area contributed by atoms with E-state index in [0.29, 0.717) is 5.82 Å². The molecule has 2 aromatic rings. The number of carbonyl (C=O) groups excluding carboxylic acids is 1. The fourth-order valence-corrected chi connectivity index (χ4v) is 2.81. The number of benzene rings is 1. The Morgan fingerprint density at radius 3 is 2.81 bits per heavy atom. The third-order valence-corrected chi connectivity index (χ3v) is 3.95. The Labute approximate surface area is 124 Å². The molecule has 0 spiro atoms. The lowest BCUT2D eigenvalue weighted by Crippen LogP contribution is -2.34. The fourth-order valence-electron chi connectivity index (χ4n) is 2.81. The molecule has 0 bridgehead atoms. The third kappa shape index (κ3) is 3.31. The van der Waals surface area contributed by atoms with Gasteiger partial charge < -0.3 is 11.1 Å². The van der Waals surface area contributed by atoms with E-state index >= 15 is 0 Å². The maximum atomic E-state index is 12.2. The maximum absolute atomic E-state index is 12.2. The molecule has 1 heterocycles. The fraction of sp³-hybridized carbons (Fsp3) is 0.375. The molecule has 5 heteroatoms. The molecule has 1 aliphatic carbocycles. The van der Waals surface area contributed by atoms with Gasteiger partial charge in [-0.15, -0.1) is 0 Å². The Bertz CT molecular complexity index is 608. The second-order valence-corrected chi connectivity index (χ2v) is 5.59. The van der Waals surface area contributed by atoms with Gasteiger partial charge in [-0.1, -0.05) is 24.6 Å². The summed E-state index contributed by atoms with van der Waals surface area (Å²) in [7, 11) is 0. The summed E-state index contributed by atoms with van der Waals surface area (Å²) in [5, 5.41) is 7.28. The standard InChI is InChI=1S/C16H20N4O/c17-13-6-4-5-12(11-13)16(21)18-15-9-10-20(19-15)14-7-2-1-3-8-14/h1-3,7-10,12-13H,4-6,11,17H2,(H,18,19,21). The Morgan fingerprint density at radius 1 is 1.24 bits per heavy atom. The highest BCUT2D eigenvalue weighted by molar-refractivity contribution is 5.91. The molecule has 0 radical (unpaired) electrons. The maximum Gasteiger partial charge on any atom is 0.228 e. The van der Waals surface area contributed by atoms with Crippen molar-refractivity contribution < 1.29 is 4.79 Å². The van der Waals surface area contributed by atoms with Gasteiger partial charge in [-0.2, -0.15) is 5.10 Å². The van der Waals surface area contributed by atoms with Crippen LogP contribution in [0, 0.1) is 5.92 Å². The molecule has 2 atom stereocenters. The van der Waals surface area contributed by atoms with Crippen LogP contribution in [0.1, 0.15) is 25.7 Å². The molecule has 1 aromatic carbocycles. The predicted molar refractivity (Wildman–Crippen MR) is 82.1 cm³/mol. The van der Waals surface area contributed by atoms with Gasteiger partial charge in [0.05, 0.1) is 5.69 Å². The predicted octanol–water partition coefficient (Wildman–Crippen LogP) is 2.33. The number of para-hydroxylation sites is 1. The minimum atomic E-state index is 0.00984. The van der Waals surface area contributed by atoms with E-state index in [2.05, 4.69) is 10.4 Å². The first kappa shape index (κ1) is 13.8. The van der Waals surface area contributed by atoms with Crippen LogP contribution in [0.25, 0.3) is 5.69 Å². The number of aromatic nitrogens is 2. The molecule has 1 fully saturated rings. The van der Waals surface area contributed by atoms with Crippen LogP contribution in [0.2, 0.25) is 0 Å². The molecule has 21 heavy (non-hydrogen) atoms. The zero-order valence-corrected chi connectivity index (χ0v) is 11.9. The first-order chi connectivity index (χ1) is 10.2. The molecule has 1 amide bonds. The van der Waals surface area contributed by atoms with Crippen molar-refractivity contribution in [3.63, 3.8) is 0 Å². The summed E-state index contributed by atoms with van der Waals surface area (Å²) in [6, 6.07) is 11.8. The lowest BCUT2D eigenvalue weighted by atomic mass is 9.85. The lowest BCUT2D eigenvalue weighted by Gasteiger charge is -2.25. The highest BCUT2D eigenvalue weighted by atomic mass is 16.2. The van der Waals surface area contributed by atoms with Crippen LogP contribution in [0.5, 0.6) is 0 Å². The first-order valence-corrected chi connectivity index (χ1v) is 7.40. The van der Waals surface area contributed by atoms with Crippen molar-refractivity contribution in [2.24, 2.45) is 11.7 Å². The number of hydrogen-bond donors (Lipinski definition) is 2. The molecule has 110 valence electrons. The quantitative estimate of drug-likeness (QED) is 0.908. The van der Waals surface area contributed by atoms with Crippen molar-refractivity contribution in [2.75, 3.05) is 5.32 Å². The van der Waals surface area contributed by atoms with E-state index in [0.717, 1.165) is 31.4 Å². The van der Waals surface area contributed by atoms with E-state index in [1.54, 1.807) is 4.68 Å². The smallest absolute Gasteiger partial charge is 0.228 e. The van der Waals surface area contributed by atoms with Crippen molar-refractivity contribution in [3.8, 4) is 5.69 Å². The minimum absolute atomic E-state index is 0.00984. The van der Waals surface area contributed by atoms with E-state index in [9.17, 15) is 4.79 Å². The molecule has 1 aromatic heterocycles. The van der Waals surface area contributed by atoms with Gasteiger partial charge in [-0.25, -0.2) is 4.68 Å². The van der Waals surface area contributed by atoms with E-state index in [4.69, 9.17) is 5.73 Å². The Kier molecular flexibility index (Phi) is 4.01. The number of hydrogen-bond acceptors (Lipinski definition) is 3. The van der Waals surface area contributed by atoms with Crippen molar-refractivity contribution in [3.05, 3.63) is 42.6 Å². The van der Waals surface area contributed by atoms with Gasteiger partial charge in [0, 0.05) is 24.2 Å². The highest BCUT2D eigenvalue weighted by Crippen LogP contribution is 2.24. The second kappa shape index (κ2) is 6.10. The monoisotopic (exact) mass is 284 g/mol. The summed E-state index contributed by atoms with van der Waals surface area (Å²) in [5.74, 6) is 0.627. The summed E-state index contributed by atoms with van der Waals surface area (Å²) >= 11 is 0. The van der Waals surface area contributed by atoms with Crippen LogP contribution < -0.4 is 11.1 Å². The normalized spacial score (nSPS) is 22.0. The average molecular weight is 284 g/mol. The summed E-state index contributed by atoms with van der Waals surface area (Å²) in [6.07, 6.45) is 5.58. The Hall–Kier alpha value is -2.14. The van der Waals surface area contributed by atoms with Crippen LogP contribution in [-0.2, 0) is 4.79 Å². The molecule has 5 nitrogen and oxygen atoms in total. The number of nitrogens with zero attached hydrogens (tertiary/aromatic N) is 2. The van der Waals surface area contributed by atoms with Crippen LogP contribution in [0.15, 0.2) is 42.6 Å². The summed E-state index contributed by atoms with van der Waals surface area (Å²) in [5.41, 5.74) is 6.91. The van der Waals surface area contributed by atoms with Gasteiger partial charge in [-0.05, 0) is 31.4 Å². The Morgan fingerprint density at radius 2 is 2.05 bits per heavy atom. The molecular formula is C16H20N4O. The topological polar surface area (TPSA) is 72.9 Å². The van der Waals surface area contributed by atoms with Gasteiger partial charge in [0.2, 0.25) is 5.91 Å². The molecule has 3 N–H and O–H groups in total. The largest absolute Gasteiger partial charge is 0.328 e. The van der Waals surface area contributed by atoms with Crippen molar-refractivity contribution >= 4 is 11.7 Å². The molecule has 0 aliphatic heterocycles. The molecule has 2 unspecified atom stereocenters. The van der Waals surface area contributed by atoms with Crippen LogP contribution in [0.4, 0.5) is 5.82 Å². The summed E-state index contributed by atoms with van der Waals surface area (Å²) in [4.78, 5) is 12.2. The average Bonchev–Trinajstić information content (AvgIpc) is 2.97. The summed E-state index contributed by atoms with van der Waals surface area (Å²) < 4.78 is 1.75. The van der Waals surface area contributed by atoms with E-state index in [1.165, 1.54) is 0 Å². The van der Waals surface area contributed by atoms with Crippen molar-refractivity contribution in [1.82, 2.24) is 9.78 Å². The number of rotatable bonds is 3. The number of carbonyl (C=O) groups is 1. The van der Waals surface area contributed by atoms with Crippen LogP contribution in [-0.4, -0.2) is 21.7 Å². The number of nitrogens with one attached hydrogen (secondary N) is 1. The van der Waals surface area contributed by atoms with E-state index in [1.807, 2.05) is 42.6 Å². The molecule has 1 aliphatic rings. The number of amides is 1. The van der Waals surface area contributed by atoms with Crippen molar-refractivity contribution in [1.29, 1.82) is 0 Å². The third-order valence-electron chi connectivity index (χ3n) is 3.95. The minimum Gasteiger partial charge on any atom is -0.328 e. The lowest BCUT2D eigenvalue weighted by molar-refractivity contribution is -0.120. The number of nitrogens with two attached hydrogens (primary N) is 1. The number of anilines is 1. The molecule has 0 saturated heterocycles. The van der Waals surface area contributed by atoms with Gasteiger partial charge in [0.25, 0.3) is 0 Å². The van der Waals surface area contributed by atoms with Gasteiger partial charge in [-0.3, -0.25) is 4.79 Å². The van der Waals surface area contributed by atoms with Crippen molar-refractivity contribution in [2.45, 2.75) is 31.7 Å².